The highest BCUT2D eigenvalue weighted by Gasteiger charge is 2.32. The first-order chi connectivity index (χ1) is 19.2. The van der Waals surface area contributed by atoms with Crippen molar-refractivity contribution in [3.05, 3.63) is 64.2 Å². The summed E-state index contributed by atoms with van der Waals surface area (Å²) >= 11 is 0. The van der Waals surface area contributed by atoms with Crippen molar-refractivity contribution in [3.63, 3.8) is 0 Å². The molecule has 1 atom stereocenters. The molecule has 0 saturated carbocycles. The van der Waals surface area contributed by atoms with E-state index >= 15 is 0 Å². The average Bonchev–Trinajstić information content (AvgIpc) is 3.38. The van der Waals surface area contributed by atoms with E-state index in [4.69, 9.17) is 20.6 Å². The molecule has 0 bridgehead atoms. The first-order valence-electron chi connectivity index (χ1n) is 13.7. The van der Waals surface area contributed by atoms with Crippen LogP contribution in [0.3, 0.4) is 0 Å². The number of esters is 2. The van der Waals surface area contributed by atoms with Gasteiger partial charge in [0, 0.05) is 35.0 Å². The van der Waals surface area contributed by atoms with Crippen molar-refractivity contribution in [2.24, 2.45) is 5.73 Å². The average molecular weight is 547 g/mol. The largest absolute Gasteiger partial charge is 0.466 e. The van der Waals surface area contributed by atoms with Crippen LogP contribution in [-0.2, 0) is 14.3 Å². The topological polar surface area (TPSA) is 135 Å². The Hall–Kier alpha value is -4.32. The minimum atomic E-state index is -0.514. The zero-order valence-electron chi connectivity index (χ0n) is 23.5. The molecule has 9 nitrogen and oxygen atoms in total. The summed E-state index contributed by atoms with van der Waals surface area (Å²) in [7, 11) is 0. The molecular formula is C31H38N4O5. The van der Waals surface area contributed by atoms with Crippen molar-refractivity contribution in [2.45, 2.75) is 58.9 Å². The summed E-state index contributed by atoms with van der Waals surface area (Å²) in [5.41, 5.74) is 9.05. The van der Waals surface area contributed by atoms with Gasteiger partial charge in [0.2, 0.25) is 0 Å². The number of amides is 1. The molecule has 1 heterocycles. The van der Waals surface area contributed by atoms with Crippen LogP contribution in [0, 0.1) is 24.2 Å². The van der Waals surface area contributed by atoms with Crippen LogP contribution in [0.5, 0.6) is 0 Å². The van der Waals surface area contributed by atoms with Crippen molar-refractivity contribution < 1.29 is 23.9 Å². The van der Waals surface area contributed by atoms with Gasteiger partial charge < -0.3 is 25.4 Å². The van der Waals surface area contributed by atoms with E-state index < -0.39 is 5.97 Å². The Morgan fingerprint density at radius 3 is 2.58 bits per heavy atom. The van der Waals surface area contributed by atoms with Crippen molar-refractivity contribution in [1.82, 2.24) is 4.90 Å². The molecule has 212 valence electrons. The first-order valence-corrected chi connectivity index (χ1v) is 13.7. The molecule has 1 saturated heterocycles. The number of likely N-dealkylation sites (tertiary alicyclic amines) is 1. The molecule has 0 aliphatic carbocycles. The molecule has 1 fully saturated rings. The van der Waals surface area contributed by atoms with E-state index in [9.17, 15) is 14.4 Å². The van der Waals surface area contributed by atoms with Crippen molar-refractivity contribution in [2.75, 3.05) is 31.6 Å². The van der Waals surface area contributed by atoms with Crippen LogP contribution in [0.2, 0.25) is 0 Å². The van der Waals surface area contributed by atoms with Crippen LogP contribution in [-0.4, -0.2) is 60.9 Å². The highest BCUT2D eigenvalue weighted by molar-refractivity contribution is 6.06. The van der Waals surface area contributed by atoms with Gasteiger partial charge in [0.05, 0.1) is 31.7 Å². The number of ether oxygens (including phenoxy) is 2. The lowest BCUT2D eigenvalue weighted by molar-refractivity contribution is -0.144. The molecule has 0 spiro atoms. The highest BCUT2D eigenvalue weighted by atomic mass is 16.5. The number of benzene rings is 2. The smallest absolute Gasteiger partial charge is 0.338 e. The molecule has 1 amide bonds. The summed E-state index contributed by atoms with van der Waals surface area (Å²) < 4.78 is 10.4. The number of carbonyl (C=O) groups is 3. The van der Waals surface area contributed by atoms with Crippen LogP contribution >= 0.6 is 0 Å². The van der Waals surface area contributed by atoms with Gasteiger partial charge in [0.25, 0.3) is 5.91 Å². The number of rotatable bonds is 11. The molecule has 1 aliphatic heterocycles. The normalized spacial score (nSPS) is 14.2. The Labute approximate surface area is 235 Å². The lowest BCUT2D eigenvalue weighted by atomic mass is 10.0. The fourth-order valence-electron chi connectivity index (χ4n) is 4.60. The van der Waals surface area contributed by atoms with Crippen molar-refractivity contribution in [1.29, 1.82) is 5.41 Å². The Morgan fingerprint density at radius 1 is 1.10 bits per heavy atom. The maximum absolute atomic E-state index is 13.2. The number of anilines is 1. The zero-order chi connectivity index (χ0) is 29.1. The Kier molecular flexibility index (Phi) is 11.1. The molecule has 3 rings (SSSR count). The van der Waals surface area contributed by atoms with Crippen LogP contribution in [0.15, 0.2) is 36.4 Å². The van der Waals surface area contributed by atoms with E-state index in [2.05, 4.69) is 17.2 Å². The Balaban J connectivity index is 1.63. The fraction of sp³-hybridized carbons (Fsp3) is 0.419. The molecule has 40 heavy (non-hydrogen) atoms. The lowest BCUT2D eigenvalue weighted by Crippen LogP contribution is -2.37. The number of unbranched alkanes of at least 4 members (excludes halogenated alkanes) is 1. The van der Waals surface area contributed by atoms with Gasteiger partial charge in [-0.3, -0.25) is 15.0 Å². The van der Waals surface area contributed by atoms with Gasteiger partial charge in [-0.25, -0.2) is 4.79 Å². The number of nitrogens with two attached hydrogens (primary N) is 1. The molecule has 1 aliphatic rings. The molecule has 9 heteroatoms. The molecule has 2 aromatic rings. The number of hydrogen-bond donors (Lipinski definition) is 3. The SMILES string of the molecule is CCCCOC(=O)c1cc(NCC#Cc2ccc(C(=O)N3CCCC3CC(=O)OCC)c(C)c2)ccc1C(=N)N. The maximum Gasteiger partial charge on any atom is 0.338 e. The van der Waals surface area contributed by atoms with Gasteiger partial charge in [-0.15, -0.1) is 0 Å². The van der Waals surface area contributed by atoms with E-state index in [-0.39, 0.29) is 35.7 Å². The summed E-state index contributed by atoms with van der Waals surface area (Å²) in [6, 6.07) is 10.3. The predicted octanol–water partition coefficient (Wildman–Crippen LogP) is 4.26. The third kappa shape index (κ3) is 8.09. The van der Waals surface area contributed by atoms with Crippen LogP contribution in [0.25, 0.3) is 0 Å². The second-order valence-electron chi connectivity index (χ2n) is 9.65. The number of carbonyl (C=O) groups excluding carboxylic acids is 3. The minimum Gasteiger partial charge on any atom is -0.466 e. The zero-order valence-corrected chi connectivity index (χ0v) is 23.5. The quantitative estimate of drug-likeness (QED) is 0.126. The van der Waals surface area contributed by atoms with E-state index in [1.807, 2.05) is 26.0 Å². The number of amidine groups is 1. The van der Waals surface area contributed by atoms with Gasteiger partial charge in [-0.1, -0.05) is 25.2 Å². The molecule has 0 radical (unpaired) electrons. The number of nitrogens with zero attached hydrogens (tertiary/aromatic N) is 1. The standard InChI is InChI=1S/C31H38N4O5/c1-4-6-17-40-31(38)27-19-23(12-14-26(27)29(32)33)34-15-7-9-22-11-13-25(21(3)18-22)30(37)35-16-8-10-24(35)20-28(36)39-5-2/h11-14,18-19,24,34H,4-6,8,10,15-17,20H2,1-3H3,(H3,32,33). The van der Waals surface area contributed by atoms with Crippen LogP contribution in [0.4, 0.5) is 5.69 Å². The molecule has 4 N–H and O–H groups in total. The molecule has 0 aromatic heterocycles. The summed E-state index contributed by atoms with van der Waals surface area (Å²) in [6.45, 7) is 7.24. The van der Waals surface area contributed by atoms with Crippen molar-refractivity contribution in [3.8, 4) is 11.8 Å². The third-order valence-electron chi connectivity index (χ3n) is 6.68. The van der Waals surface area contributed by atoms with E-state index in [0.717, 1.165) is 36.8 Å². The number of nitrogens with one attached hydrogen (secondary N) is 2. The van der Waals surface area contributed by atoms with E-state index in [0.29, 0.717) is 43.1 Å². The second kappa shape index (κ2) is 14.7. The van der Waals surface area contributed by atoms with Gasteiger partial charge >= 0.3 is 11.9 Å². The maximum atomic E-state index is 13.2. The van der Waals surface area contributed by atoms with Crippen LogP contribution < -0.4 is 11.1 Å². The number of hydrogen-bond acceptors (Lipinski definition) is 7. The molecule has 1 unspecified atom stereocenters. The van der Waals surface area contributed by atoms with E-state index in [1.165, 1.54) is 0 Å². The first kappa shape index (κ1) is 30.2. The molecule has 2 aromatic carbocycles. The third-order valence-corrected chi connectivity index (χ3v) is 6.68. The summed E-state index contributed by atoms with van der Waals surface area (Å²) in [4.78, 5) is 39.5. The molecular weight excluding hydrogens is 508 g/mol. The van der Waals surface area contributed by atoms with Gasteiger partial charge in [-0.05, 0) is 75.1 Å². The minimum absolute atomic E-state index is 0.0801. The predicted molar refractivity (Wildman–Crippen MR) is 155 cm³/mol. The second-order valence-corrected chi connectivity index (χ2v) is 9.65. The van der Waals surface area contributed by atoms with Gasteiger partial charge in [0.15, 0.2) is 0 Å². The van der Waals surface area contributed by atoms with Crippen molar-refractivity contribution >= 4 is 29.4 Å². The van der Waals surface area contributed by atoms with Crippen LogP contribution in [0.1, 0.15) is 83.4 Å². The Morgan fingerprint density at radius 2 is 1.88 bits per heavy atom. The monoisotopic (exact) mass is 546 g/mol. The van der Waals surface area contributed by atoms with Gasteiger partial charge in [-0.2, -0.15) is 0 Å². The summed E-state index contributed by atoms with van der Waals surface area (Å²) in [6.07, 6.45) is 3.54. The Bertz CT molecular complexity index is 1310. The summed E-state index contributed by atoms with van der Waals surface area (Å²) in [5, 5.41) is 10.9. The lowest BCUT2D eigenvalue weighted by Gasteiger charge is -2.25. The summed E-state index contributed by atoms with van der Waals surface area (Å²) in [5.74, 6) is 5.08. The highest BCUT2D eigenvalue weighted by Crippen LogP contribution is 2.24. The van der Waals surface area contributed by atoms with Gasteiger partial charge in [0.1, 0.15) is 5.84 Å². The fourth-order valence-corrected chi connectivity index (χ4v) is 4.60. The number of aryl methyl sites for hydroxylation is 1. The number of nitrogen functional groups attached to an aromatic ring is 1. The van der Waals surface area contributed by atoms with E-state index in [1.54, 1.807) is 36.1 Å².